The first kappa shape index (κ1) is 14.4. The van der Waals surface area contributed by atoms with Crippen molar-refractivity contribution in [2.24, 2.45) is 0 Å². The van der Waals surface area contributed by atoms with Gasteiger partial charge in [0.2, 0.25) is 0 Å². The summed E-state index contributed by atoms with van der Waals surface area (Å²) >= 11 is 0.231. The van der Waals surface area contributed by atoms with Gasteiger partial charge in [0.25, 0.3) is 0 Å². The third-order valence-corrected chi connectivity index (χ3v) is 8.45. The standard InChI is InChI=1S/C15H14O2Se2/c1-17-14(16)15(18-12-8-4-2-5-9-12)19-13-10-6-3-7-11-13/h2-11,15H,1H3. The van der Waals surface area contributed by atoms with Crippen LogP contribution < -0.4 is 8.92 Å². The number of benzene rings is 2. The fourth-order valence-electron chi connectivity index (χ4n) is 1.46. The van der Waals surface area contributed by atoms with E-state index < -0.39 is 0 Å². The average molecular weight is 384 g/mol. The Hall–Kier alpha value is -1.05. The summed E-state index contributed by atoms with van der Waals surface area (Å²) in [6.45, 7) is 0. The van der Waals surface area contributed by atoms with E-state index in [9.17, 15) is 4.79 Å². The number of carbonyl (C=O) groups excluding carboxylic acids is 1. The fourth-order valence-corrected chi connectivity index (χ4v) is 7.67. The van der Waals surface area contributed by atoms with E-state index in [1.54, 1.807) is 0 Å². The maximum atomic E-state index is 11.9. The van der Waals surface area contributed by atoms with E-state index in [2.05, 4.69) is 24.3 Å². The van der Waals surface area contributed by atoms with Crippen LogP contribution in [0.25, 0.3) is 0 Å². The SMILES string of the molecule is COC(=O)C([Se]c1ccccc1)[Se]c1ccccc1. The van der Waals surface area contributed by atoms with E-state index >= 15 is 0 Å². The van der Waals surface area contributed by atoms with Crippen molar-refractivity contribution >= 4 is 44.8 Å². The van der Waals surface area contributed by atoms with E-state index in [0.29, 0.717) is 0 Å². The van der Waals surface area contributed by atoms with Gasteiger partial charge in [-0.1, -0.05) is 0 Å². The zero-order chi connectivity index (χ0) is 13.5. The Labute approximate surface area is 125 Å². The van der Waals surface area contributed by atoms with E-state index in [0.717, 1.165) is 0 Å². The van der Waals surface area contributed by atoms with Crippen LogP contribution in [0, 0.1) is 0 Å². The average Bonchev–Trinajstić information content (AvgIpc) is 2.48. The molecule has 0 spiro atoms. The minimum atomic E-state index is -0.0901. The van der Waals surface area contributed by atoms with Crippen LogP contribution in [-0.4, -0.2) is 43.0 Å². The van der Waals surface area contributed by atoms with E-state index in [4.69, 9.17) is 4.74 Å². The second-order valence-corrected chi connectivity index (χ2v) is 10.2. The van der Waals surface area contributed by atoms with Gasteiger partial charge in [0.05, 0.1) is 0 Å². The van der Waals surface area contributed by atoms with Crippen LogP contribution in [0.4, 0.5) is 0 Å². The first-order valence-corrected chi connectivity index (χ1v) is 9.50. The summed E-state index contributed by atoms with van der Waals surface area (Å²) in [6, 6.07) is 20.4. The molecule has 0 aliphatic carbocycles. The molecule has 0 unspecified atom stereocenters. The van der Waals surface area contributed by atoms with Crippen LogP contribution in [0.2, 0.25) is 3.71 Å². The molecule has 0 saturated heterocycles. The van der Waals surface area contributed by atoms with Crippen molar-refractivity contribution in [3.05, 3.63) is 60.7 Å². The number of hydrogen-bond acceptors (Lipinski definition) is 2. The molecule has 0 N–H and O–H groups in total. The second kappa shape index (κ2) is 7.52. The van der Waals surface area contributed by atoms with Gasteiger partial charge in [-0.15, -0.1) is 0 Å². The number of carbonyl (C=O) groups is 1. The molecular formula is C15H14O2Se2. The molecule has 0 aliphatic rings. The van der Waals surface area contributed by atoms with Gasteiger partial charge in [-0.3, -0.25) is 0 Å². The van der Waals surface area contributed by atoms with Crippen LogP contribution in [0.15, 0.2) is 60.7 Å². The van der Waals surface area contributed by atoms with Crippen LogP contribution >= 0.6 is 0 Å². The molecule has 2 rings (SSSR count). The Kier molecular flexibility index (Phi) is 5.68. The van der Waals surface area contributed by atoms with Crippen molar-refractivity contribution in [3.8, 4) is 0 Å². The monoisotopic (exact) mass is 386 g/mol. The van der Waals surface area contributed by atoms with Crippen molar-refractivity contribution in [1.82, 2.24) is 0 Å². The Bertz CT molecular complexity index is 473. The molecule has 0 radical (unpaired) electrons. The molecule has 0 aliphatic heterocycles. The zero-order valence-electron chi connectivity index (χ0n) is 10.5. The molecule has 0 fully saturated rings. The number of methoxy groups -OCH3 is 1. The van der Waals surface area contributed by atoms with Crippen LogP contribution in [0.5, 0.6) is 0 Å². The molecule has 19 heavy (non-hydrogen) atoms. The van der Waals surface area contributed by atoms with Gasteiger partial charge >= 0.3 is 126 Å². The molecule has 0 atom stereocenters. The first-order chi connectivity index (χ1) is 9.29. The Morgan fingerprint density at radius 1 is 0.895 bits per heavy atom. The molecule has 0 amide bonds. The van der Waals surface area contributed by atoms with E-state index in [-0.39, 0.29) is 39.6 Å². The predicted octanol–water partition coefficient (Wildman–Crippen LogP) is 0.965. The summed E-state index contributed by atoms with van der Waals surface area (Å²) < 4.78 is 7.42. The number of hydrogen-bond donors (Lipinski definition) is 0. The fraction of sp³-hybridized carbons (Fsp3) is 0.133. The Morgan fingerprint density at radius 2 is 1.32 bits per heavy atom. The van der Waals surface area contributed by atoms with Gasteiger partial charge in [-0.25, -0.2) is 0 Å². The molecule has 4 heteroatoms. The van der Waals surface area contributed by atoms with Gasteiger partial charge < -0.3 is 0 Å². The molecule has 2 aromatic carbocycles. The quantitative estimate of drug-likeness (QED) is 0.567. The normalized spacial score (nSPS) is 10.4. The summed E-state index contributed by atoms with van der Waals surface area (Å²) in [6.07, 6.45) is 0. The van der Waals surface area contributed by atoms with Crippen LogP contribution in [-0.2, 0) is 9.53 Å². The maximum absolute atomic E-state index is 11.9. The van der Waals surface area contributed by atoms with Gasteiger partial charge in [-0.2, -0.15) is 0 Å². The van der Waals surface area contributed by atoms with Crippen molar-refractivity contribution in [3.63, 3.8) is 0 Å². The number of esters is 1. The van der Waals surface area contributed by atoms with Gasteiger partial charge in [0.15, 0.2) is 0 Å². The molecule has 0 aromatic heterocycles. The topological polar surface area (TPSA) is 26.3 Å². The van der Waals surface area contributed by atoms with E-state index in [1.165, 1.54) is 16.0 Å². The molecule has 2 aromatic rings. The van der Waals surface area contributed by atoms with Crippen molar-refractivity contribution in [2.75, 3.05) is 7.11 Å². The summed E-state index contributed by atoms with van der Waals surface area (Å²) in [7, 11) is 1.47. The van der Waals surface area contributed by atoms with Gasteiger partial charge in [0, 0.05) is 0 Å². The Balaban J connectivity index is 2.10. The summed E-state index contributed by atoms with van der Waals surface area (Å²) in [5.74, 6) is -0.0901. The summed E-state index contributed by atoms with van der Waals surface area (Å²) in [5, 5.41) is 0. The van der Waals surface area contributed by atoms with Crippen molar-refractivity contribution < 1.29 is 9.53 Å². The molecule has 0 bridgehead atoms. The van der Waals surface area contributed by atoms with Crippen molar-refractivity contribution in [1.29, 1.82) is 0 Å². The van der Waals surface area contributed by atoms with Gasteiger partial charge in [-0.05, 0) is 0 Å². The predicted molar refractivity (Wildman–Crippen MR) is 79.4 cm³/mol. The number of rotatable bonds is 5. The zero-order valence-corrected chi connectivity index (χ0v) is 13.9. The summed E-state index contributed by atoms with van der Waals surface area (Å²) in [5.41, 5.74) is 0. The third kappa shape index (κ3) is 4.52. The molecular weight excluding hydrogens is 370 g/mol. The first-order valence-electron chi connectivity index (χ1n) is 5.81. The molecule has 0 heterocycles. The minimum absolute atomic E-state index is 0.00481. The molecule has 98 valence electrons. The summed E-state index contributed by atoms with van der Waals surface area (Å²) in [4.78, 5) is 11.9. The Morgan fingerprint density at radius 3 is 1.68 bits per heavy atom. The van der Waals surface area contributed by atoms with Crippen LogP contribution in [0.1, 0.15) is 0 Å². The third-order valence-electron chi connectivity index (χ3n) is 2.37. The second-order valence-electron chi connectivity index (χ2n) is 3.72. The van der Waals surface area contributed by atoms with E-state index in [1.807, 2.05) is 36.4 Å². The van der Waals surface area contributed by atoms with Gasteiger partial charge in [0.1, 0.15) is 0 Å². The molecule has 2 nitrogen and oxygen atoms in total. The van der Waals surface area contributed by atoms with Crippen LogP contribution in [0.3, 0.4) is 0 Å². The number of ether oxygens (including phenoxy) is 1. The molecule has 0 saturated carbocycles. The van der Waals surface area contributed by atoms with Crippen molar-refractivity contribution in [2.45, 2.75) is 3.71 Å².